The average Bonchev–Trinajstić information content (AvgIpc) is 2.92. The predicted molar refractivity (Wildman–Crippen MR) is 80.9 cm³/mol. The third kappa shape index (κ3) is 3.23. The summed E-state index contributed by atoms with van der Waals surface area (Å²) in [5, 5.41) is 12.2. The molecule has 1 aliphatic heterocycles. The number of rotatable bonds is 3. The van der Waals surface area contributed by atoms with Crippen LogP contribution < -0.4 is 5.32 Å². The molecule has 2 unspecified atom stereocenters. The molecule has 2 fully saturated rings. The highest BCUT2D eigenvalue weighted by atomic mass is 16.4. The first-order chi connectivity index (χ1) is 9.55. The number of carboxylic acid groups (broad SMARTS) is 1. The molecule has 5 nitrogen and oxygen atoms in total. The summed E-state index contributed by atoms with van der Waals surface area (Å²) in [4.78, 5) is 25.9. The lowest BCUT2D eigenvalue weighted by atomic mass is 9.98. The Kier molecular flexibility index (Phi) is 4.08. The van der Waals surface area contributed by atoms with E-state index in [0.717, 1.165) is 25.9 Å². The van der Waals surface area contributed by atoms with Gasteiger partial charge in [0.05, 0.1) is 11.8 Å². The largest absolute Gasteiger partial charge is 0.481 e. The maximum Gasteiger partial charge on any atom is 0.307 e. The molecular weight excluding hydrogens is 268 g/mol. The van der Waals surface area contributed by atoms with Crippen LogP contribution in [0.1, 0.15) is 47.5 Å². The molecular formula is C16H28N2O3. The molecule has 0 aromatic heterocycles. The van der Waals surface area contributed by atoms with Crippen molar-refractivity contribution in [2.75, 3.05) is 13.1 Å². The minimum atomic E-state index is -0.859. The van der Waals surface area contributed by atoms with E-state index >= 15 is 0 Å². The number of aliphatic carboxylic acids is 1. The normalized spacial score (nSPS) is 30.0. The summed E-state index contributed by atoms with van der Waals surface area (Å²) >= 11 is 0. The lowest BCUT2D eigenvalue weighted by Crippen LogP contribution is -2.51. The SMILES string of the molecule is CC1(C)C(C(=O)O)C1C(=O)NC1CCN(C(C)(C)C)CC1. The second-order valence-corrected chi connectivity index (χ2v) is 8.06. The molecule has 0 bridgehead atoms. The summed E-state index contributed by atoms with van der Waals surface area (Å²) in [7, 11) is 0. The minimum absolute atomic E-state index is 0.0818. The van der Waals surface area contributed by atoms with Gasteiger partial charge >= 0.3 is 5.97 Å². The molecule has 0 radical (unpaired) electrons. The lowest BCUT2D eigenvalue weighted by Gasteiger charge is -2.41. The van der Waals surface area contributed by atoms with Gasteiger partial charge < -0.3 is 10.4 Å². The van der Waals surface area contributed by atoms with Gasteiger partial charge in [0, 0.05) is 24.7 Å². The Bertz CT molecular complexity index is 431. The zero-order chi connectivity index (χ0) is 16.0. The van der Waals surface area contributed by atoms with E-state index in [1.807, 2.05) is 13.8 Å². The molecule has 1 heterocycles. The quantitative estimate of drug-likeness (QED) is 0.832. The Labute approximate surface area is 127 Å². The smallest absolute Gasteiger partial charge is 0.307 e. The summed E-state index contributed by atoms with van der Waals surface area (Å²) in [5.74, 6) is -1.85. The first kappa shape index (κ1) is 16.3. The highest BCUT2D eigenvalue weighted by Gasteiger charge is 2.66. The molecule has 120 valence electrons. The van der Waals surface area contributed by atoms with Gasteiger partial charge in [-0.05, 0) is 39.0 Å². The number of carbonyl (C=O) groups is 2. The third-order valence-corrected chi connectivity index (χ3v) is 5.17. The highest BCUT2D eigenvalue weighted by Crippen LogP contribution is 2.58. The van der Waals surface area contributed by atoms with Gasteiger partial charge in [0.15, 0.2) is 0 Å². The van der Waals surface area contributed by atoms with Gasteiger partial charge in [0.25, 0.3) is 0 Å². The fraction of sp³-hybridized carbons (Fsp3) is 0.875. The highest BCUT2D eigenvalue weighted by molar-refractivity contribution is 5.91. The van der Waals surface area contributed by atoms with Crippen molar-refractivity contribution in [3.05, 3.63) is 0 Å². The maximum atomic E-state index is 12.3. The van der Waals surface area contributed by atoms with Crippen LogP contribution in [0.4, 0.5) is 0 Å². The molecule has 1 saturated heterocycles. The molecule has 2 atom stereocenters. The van der Waals surface area contributed by atoms with Crippen molar-refractivity contribution in [2.45, 2.75) is 59.0 Å². The van der Waals surface area contributed by atoms with Gasteiger partial charge in [-0.15, -0.1) is 0 Å². The van der Waals surface area contributed by atoms with Gasteiger partial charge in [-0.2, -0.15) is 0 Å². The fourth-order valence-electron chi connectivity index (χ4n) is 3.57. The summed E-state index contributed by atoms with van der Waals surface area (Å²) < 4.78 is 0. The summed E-state index contributed by atoms with van der Waals surface area (Å²) in [6.45, 7) is 12.3. The summed E-state index contributed by atoms with van der Waals surface area (Å²) in [6.07, 6.45) is 1.88. The fourth-order valence-corrected chi connectivity index (χ4v) is 3.57. The Balaban J connectivity index is 1.85. The van der Waals surface area contributed by atoms with E-state index in [4.69, 9.17) is 5.11 Å². The van der Waals surface area contributed by atoms with Crippen molar-refractivity contribution in [3.8, 4) is 0 Å². The zero-order valence-electron chi connectivity index (χ0n) is 13.8. The minimum Gasteiger partial charge on any atom is -0.481 e. The number of nitrogens with zero attached hydrogens (tertiary/aromatic N) is 1. The first-order valence-corrected chi connectivity index (χ1v) is 7.83. The summed E-state index contributed by atoms with van der Waals surface area (Å²) in [6, 6.07) is 0.182. The third-order valence-electron chi connectivity index (χ3n) is 5.17. The molecule has 2 N–H and O–H groups in total. The Morgan fingerprint density at radius 2 is 1.67 bits per heavy atom. The van der Waals surface area contributed by atoms with Crippen LogP contribution in [0.2, 0.25) is 0 Å². The number of nitrogens with one attached hydrogen (secondary N) is 1. The maximum absolute atomic E-state index is 12.3. The molecule has 2 rings (SSSR count). The molecule has 0 aromatic rings. The van der Waals surface area contributed by atoms with Crippen molar-refractivity contribution in [3.63, 3.8) is 0 Å². The van der Waals surface area contributed by atoms with Gasteiger partial charge in [-0.25, -0.2) is 0 Å². The van der Waals surface area contributed by atoms with Gasteiger partial charge in [0.1, 0.15) is 0 Å². The number of carbonyl (C=O) groups excluding carboxylic acids is 1. The zero-order valence-corrected chi connectivity index (χ0v) is 13.8. The molecule has 0 aromatic carbocycles. The molecule has 1 amide bonds. The van der Waals surface area contributed by atoms with E-state index in [0.29, 0.717) is 0 Å². The number of amides is 1. The Morgan fingerprint density at radius 1 is 1.14 bits per heavy atom. The van der Waals surface area contributed by atoms with Gasteiger partial charge in [0.2, 0.25) is 5.91 Å². The second-order valence-electron chi connectivity index (χ2n) is 8.06. The van der Waals surface area contributed by atoms with E-state index in [2.05, 4.69) is 31.0 Å². The molecule has 0 spiro atoms. The molecule has 5 heteroatoms. The second kappa shape index (κ2) is 5.27. The number of hydrogen-bond acceptors (Lipinski definition) is 3. The van der Waals surface area contributed by atoms with Crippen LogP contribution in [-0.2, 0) is 9.59 Å². The topological polar surface area (TPSA) is 69.6 Å². The van der Waals surface area contributed by atoms with Crippen molar-refractivity contribution in [2.24, 2.45) is 17.3 Å². The van der Waals surface area contributed by atoms with E-state index in [1.165, 1.54) is 0 Å². The van der Waals surface area contributed by atoms with Crippen LogP contribution in [0.15, 0.2) is 0 Å². The Morgan fingerprint density at radius 3 is 2.05 bits per heavy atom. The van der Waals surface area contributed by atoms with E-state index in [9.17, 15) is 9.59 Å². The van der Waals surface area contributed by atoms with Crippen molar-refractivity contribution >= 4 is 11.9 Å². The van der Waals surface area contributed by atoms with Crippen LogP contribution in [0.3, 0.4) is 0 Å². The summed E-state index contributed by atoms with van der Waals surface area (Å²) in [5.41, 5.74) is -0.246. The first-order valence-electron chi connectivity index (χ1n) is 7.83. The number of carboxylic acids is 1. The number of piperidine rings is 1. The van der Waals surface area contributed by atoms with Crippen LogP contribution in [0, 0.1) is 17.3 Å². The standard InChI is InChI=1S/C16H28N2O3/c1-15(2,3)18-8-6-10(7-9-18)17-13(19)11-12(14(20)21)16(11,4)5/h10-12H,6-9H2,1-5H3,(H,17,19)(H,20,21). The number of hydrogen-bond donors (Lipinski definition) is 2. The predicted octanol–water partition coefficient (Wildman–Crippen LogP) is 1.72. The molecule has 21 heavy (non-hydrogen) atoms. The van der Waals surface area contributed by atoms with E-state index in [1.54, 1.807) is 0 Å². The van der Waals surface area contributed by atoms with Gasteiger partial charge in [-0.1, -0.05) is 13.8 Å². The molecule has 1 saturated carbocycles. The van der Waals surface area contributed by atoms with Crippen molar-refractivity contribution in [1.29, 1.82) is 0 Å². The van der Waals surface area contributed by atoms with Crippen LogP contribution >= 0.6 is 0 Å². The van der Waals surface area contributed by atoms with Crippen LogP contribution in [0.5, 0.6) is 0 Å². The van der Waals surface area contributed by atoms with Crippen molar-refractivity contribution in [1.82, 2.24) is 10.2 Å². The molecule has 2 aliphatic rings. The monoisotopic (exact) mass is 296 g/mol. The molecule has 1 aliphatic carbocycles. The average molecular weight is 296 g/mol. The number of likely N-dealkylation sites (tertiary alicyclic amines) is 1. The van der Waals surface area contributed by atoms with E-state index in [-0.39, 0.29) is 23.4 Å². The Hall–Kier alpha value is -1.10. The van der Waals surface area contributed by atoms with Crippen molar-refractivity contribution < 1.29 is 14.7 Å². The van der Waals surface area contributed by atoms with Crippen LogP contribution in [0.25, 0.3) is 0 Å². The van der Waals surface area contributed by atoms with Crippen LogP contribution in [-0.4, -0.2) is 46.6 Å². The van der Waals surface area contributed by atoms with E-state index < -0.39 is 17.3 Å². The van der Waals surface area contributed by atoms with Gasteiger partial charge in [-0.3, -0.25) is 14.5 Å². The lowest BCUT2D eigenvalue weighted by molar-refractivity contribution is -0.140.